The molecule has 0 aliphatic rings. The van der Waals surface area contributed by atoms with E-state index in [1.54, 1.807) is 6.92 Å². The zero-order valence-corrected chi connectivity index (χ0v) is 11.3. The lowest BCUT2D eigenvalue weighted by atomic mass is 10.2. The molecule has 0 aliphatic carbocycles. The molecule has 0 aliphatic heterocycles. The summed E-state index contributed by atoms with van der Waals surface area (Å²) >= 11 is 2.25. The quantitative estimate of drug-likeness (QED) is 0.408. The van der Waals surface area contributed by atoms with Crippen LogP contribution in [0.15, 0.2) is 0 Å². The van der Waals surface area contributed by atoms with Crippen molar-refractivity contribution in [2.24, 2.45) is 0 Å². The van der Waals surface area contributed by atoms with Crippen LogP contribution in [0.5, 0.6) is 0 Å². The summed E-state index contributed by atoms with van der Waals surface area (Å²) in [5.74, 6) is -0.574. The minimum Gasteiger partial charge on any atom is -0.466 e. The number of alkyl halides is 1. The van der Waals surface area contributed by atoms with E-state index < -0.39 is 0 Å². The molecule has 1 unspecified atom stereocenters. The van der Waals surface area contributed by atoms with Gasteiger partial charge < -0.3 is 9.47 Å². The van der Waals surface area contributed by atoms with Crippen LogP contribution in [0.2, 0.25) is 0 Å². The van der Waals surface area contributed by atoms with Crippen LogP contribution in [-0.2, 0) is 19.1 Å². The fraction of sp³-hybridized carbons (Fsp3) is 0.800. The largest absolute Gasteiger partial charge is 0.466 e. The molecule has 0 saturated carbocycles. The second kappa shape index (κ2) is 8.94. The summed E-state index contributed by atoms with van der Waals surface area (Å²) in [6, 6.07) is 0. The topological polar surface area (TPSA) is 52.6 Å². The molecule has 0 radical (unpaired) electrons. The molecule has 5 heteroatoms. The van der Waals surface area contributed by atoms with E-state index in [9.17, 15) is 9.59 Å². The molecule has 88 valence electrons. The van der Waals surface area contributed by atoms with Crippen molar-refractivity contribution in [3.63, 3.8) is 0 Å². The summed E-state index contributed by atoms with van der Waals surface area (Å²) < 4.78 is 10.0. The van der Waals surface area contributed by atoms with Crippen LogP contribution in [0, 0.1) is 0 Å². The van der Waals surface area contributed by atoms with Gasteiger partial charge in [0.15, 0.2) is 0 Å². The Balaban J connectivity index is 3.42. The summed E-state index contributed by atoms with van der Waals surface area (Å²) in [5.41, 5.74) is 0. The Morgan fingerprint density at radius 3 is 2.33 bits per heavy atom. The number of esters is 2. The molecule has 0 saturated heterocycles. The standard InChI is InChI=1S/C10H17IO4/c1-3-14-10(13)6-7-15-9(12)5-4-8(2)11/h8H,3-7H2,1-2H3. The molecule has 15 heavy (non-hydrogen) atoms. The number of halogens is 1. The van der Waals surface area contributed by atoms with Crippen LogP contribution in [0.25, 0.3) is 0 Å². The Kier molecular flexibility index (Phi) is 8.74. The molecule has 0 spiro atoms. The van der Waals surface area contributed by atoms with Gasteiger partial charge in [0.25, 0.3) is 0 Å². The maximum atomic E-state index is 11.1. The highest BCUT2D eigenvalue weighted by Gasteiger charge is 2.07. The maximum Gasteiger partial charge on any atom is 0.309 e. The second-order valence-corrected chi connectivity index (χ2v) is 5.22. The summed E-state index contributed by atoms with van der Waals surface area (Å²) in [7, 11) is 0. The number of hydrogen-bond donors (Lipinski definition) is 0. The van der Waals surface area contributed by atoms with Crippen molar-refractivity contribution in [2.75, 3.05) is 13.2 Å². The van der Waals surface area contributed by atoms with Crippen molar-refractivity contribution in [2.45, 2.75) is 37.0 Å². The SMILES string of the molecule is CCOC(=O)CCOC(=O)CCC(C)I. The highest BCUT2D eigenvalue weighted by molar-refractivity contribution is 14.1. The predicted molar refractivity (Wildman–Crippen MR) is 64.9 cm³/mol. The highest BCUT2D eigenvalue weighted by atomic mass is 127. The van der Waals surface area contributed by atoms with E-state index in [1.807, 2.05) is 6.92 Å². The first-order chi connectivity index (χ1) is 7.06. The third-order valence-corrected chi connectivity index (χ3v) is 2.24. The van der Waals surface area contributed by atoms with Crippen LogP contribution in [0.4, 0.5) is 0 Å². The Labute approximate surface area is 104 Å². The minimum atomic E-state index is -0.326. The molecule has 0 aromatic carbocycles. The molecule has 0 rings (SSSR count). The number of carbonyl (C=O) groups is 2. The fourth-order valence-electron chi connectivity index (χ4n) is 0.870. The zero-order valence-electron chi connectivity index (χ0n) is 9.12. The lowest BCUT2D eigenvalue weighted by Crippen LogP contribution is -2.12. The first kappa shape index (κ1) is 14.7. The molecule has 0 N–H and O–H groups in total. The van der Waals surface area contributed by atoms with Crippen molar-refractivity contribution in [3.05, 3.63) is 0 Å². The molecule has 4 nitrogen and oxygen atoms in total. The lowest BCUT2D eigenvalue weighted by Gasteiger charge is -2.05. The van der Waals surface area contributed by atoms with E-state index in [4.69, 9.17) is 9.47 Å². The molecule has 0 fully saturated rings. The van der Waals surface area contributed by atoms with Gasteiger partial charge in [-0.25, -0.2) is 0 Å². The number of ether oxygens (including phenoxy) is 2. The third kappa shape index (κ3) is 9.96. The molecule has 1 atom stereocenters. The molecule has 0 aromatic rings. The van der Waals surface area contributed by atoms with Gasteiger partial charge in [-0.2, -0.15) is 0 Å². The van der Waals surface area contributed by atoms with Crippen molar-refractivity contribution in [3.8, 4) is 0 Å². The highest BCUT2D eigenvalue weighted by Crippen LogP contribution is 2.07. The van der Waals surface area contributed by atoms with Gasteiger partial charge >= 0.3 is 11.9 Å². The van der Waals surface area contributed by atoms with Crippen molar-refractivity contribution >= 4 is 34.5 Å². The smallest absolute Gasteiger partial charge is 0.309 e. The second-order valence-electron chi connectivity index (χ2n) is 3.09. The molecule has 0 amide bonds. The summed E-state index contributed by atoms with van der Waals surface area (Å²) in [6.45, 7) is 4.25. The van der Waals surface area contributed by atoms with Crippen LogP contribution in [0.1, 0.15) is 33.1 Å². The Morgan fingerprint density at radius 1 is 1.20 bits per heavy atom. The van der Waals surface area contributed by atoms with Crippen LogP contribution < -0.4 is 0 Å². The average molecular weight is 328 g/mol. The monoisotopic (exact) mass is 328 g/mol. The van der Waals surface area contributed by atoms with Gasteiger partial charge in [0.2, 0.25) is 0 Å². The number of hydrogen-bond acceptors (Lipinski definition) is 4. The summed E-state index contributed by atoms with van der Waals surface area (Å²) in [5, 5.41) is 0. The first-order valence-electron chi connectivity index (χ1n) is 5.01. The van der Waals surface area contributed by atoms with E-state index >= 15 is 0 Å². The van der Waals surface area contributed by atoms with Gasteiger partial charge in [0.05, 0.1) is 13.0 Å². The summed E-state index contributed by atoms with van der Waals surface area (Å²) in [6.07, 6.45) is 1.35. The molecule has 0 aromatic heterocycles. The zero-order chi connectivity index (χ0) is 11.7. The van der Waals surface area contributed by atoms with E-state index in [2.05, 4.69) is 22.6 Å². The Bertz CT molecular complexity index is 204. The third-order valence-electron chi connectivity index (χ3n) is 1.62. The predicted octanol–water partition coefficient (Wildman–Crippen LogP) is 2.09. The van der Waals surface area contributed by atoms with Crippen molar-refractivity contribution in [1.29, 1.82) is 0 Å². The number of carbonyl (C=O) groups excluding carboxylic acids is 2. The molecule has 0 bridgehead atoms. The van der Waals surface area contributed by atoms with Gasteiger partial charge in [-0.05, 0) is 13.3 Å². The fourth-order valence-corrected chi connectivity index (χ4v) is 1.18. The van der Waals surface area contributed by atoms with Crippen LogP contribution >= 0.6 is 22.6 Å². The van der Waals surface area contributed by atoms with Crippen molar-refractivity contribution in [1.82, 2.24) is 0 Å². The average Bonchev–Trinajstić information content (AvgIpc) is 2.15. The van der Waals surface area contributed by atoms with Crippen LogP contribution in [0.3, 0.4) is 0 Å². The molecule has 0 heterocycles. The van der Waals surface area contributed by atoms with E-state index in [0.717, 1.165) is 6.42 Å². The normalized spacial score (nSPS) is 11.9. The van der Waals surface area contributed by atoms with E-state index in [0.29, 0.717) is 17.0 Å². The Morgan fingerprint density at radius 2 is 1.80 bits per heavy atom. The molecular weight excluding hydrogens is 311 g/mol. The molecular formula is C10H17IO4. The van der Waals surface area contributed by atoms with Crippen molar-refractivity contribution < 1.29 is 19.1 Å². The van der Waals surface area contributed by atoms with Gasteiger partial charge in [-0.1, -0.05) is 29.5 Å². The van der Waals surface area contributed by atoms with Gasteiger partial charge in [-0.3, -0.25) is 9.59 Å². The van der Waals surface area contributed by atoms with Gasteiger partial charge in [0, 0.05) is 10.3 Å². The first-order valence-corrected chi connectivity index (χ1v) is 6.26. The number of rotatable bonds is 7. The van der Waals surface area contributed by atoms with E-state index in [-0.39, 0.29) is 25.0 Å². The minimum absolute atomic E-state index is 0.118. The van der Waals surface area contributed by atoms with Crippen LogP contribution in [-0.4, -0.2) is 29.1 Å². The van der Waals surface area contributed by atoms with Gasteiger partial charge in [-0.15, -0.1) is 0 Å². The Hall–Kier alpha value is -0.330. The summed E-state index contributed by atoms with van der Waals surface area (Å²) in [4.78, 5) is 22.0. The maximum absolute atomic E-state index is 11.1. The van der Waals surface area contributed by atoms with Gasteiger partial charge in [0.1, 0.15) is 6.61 Å². The lowest BCUT2D eigenvalue weighted by molar-refractivity contribution is -0.149. The van der Waals surface area contributed by atoms with E-state index in [1.165, 1.54) is 0 Å².